The molecule has 0 aliphatic carbocycles. The molecule has 0 saturated heterocycles. The first-order valence-electron chi connectivity index (χ1n) is 5.43. The minimum atomic E-state index is -1.26. The van der Waals surface area contributed by atoms with Gasteiger partial charge in [-0.1, -0.05) is 29.4 Å². The van der Waals surface area contributed by atoms with Crippen molar-refractivity contribution in [2.75, 3.05) is 6.54 Å². The van der Waals surface area contributed by atoms with Crippen molar-refractivity contribution in [3.05, 3.63) is 51.9 Å². The van der Waals surface area contributed by atoms with Crippen LogP contribution in [0.1, 0.15) is 17.2 Å². The van der Waals surface area contributed by atoms with Gasteiger partial charge in [-0.25, -0.2) is 4.79 Å². The highest BCUT2D eigenvalue weighted by molar-refractivity contribution is 5.85. The lowest BCUT2D eigenvalue weighted by Crippen LogP contribution is -2.21. The molecule has 0 fully saturated rings. The minimum Gasteiger partial charge on any atom is -0.478 e. The Hall–Kier alpha value is -2.34. The fraction of sp³-hybridized carbons (Fsp3) is 0.250. The highest BCUT2D eigenvalue weighted by atomic mass is 16.4. The van der Waals surface area contributed by atoms with Crippen LogP contribution in [0.2, 0.25) is 0 Å². The van der Waals surface area contributed by atoms with E-state index in [9.17, 15) is 15.0 Å². The molecule has 2 atom stereocenters. The number of carboxylic acids is 1. The molecule has 0 bridgehead atoms. The van der Waals surface area contributed by atoms with Gasteiger partial charge >= 0.3 is 5.97 Å². The fourth-order valence-corrected chi connectivity index (χ4v) is 1.52. The molecule has 100 valence electrons. The predicted molar refractivity (Wildman–Crippen MR) is 68.1 cm³/mol. The molecule has 0 saturated carbocycles. The molecule has 0 aliphatic rings. The zero-order valence-electron chi connectivity index (χ0n) is 9.92. The van der Waals surface area contributed by atoms with Gasteiger partial charge in [0, 0.05) is 11.0 Å². The first-order valence-corrected chi connectivity index (χ1v) is 5.43. The molecular formula is C12H13N3O4. The van der Waals surface area contributed by atoms with E-state index < -0.39 is 18.2 Å². The molecule has 3 N–H and O–H groups in total. The molecule has 7 nitrogen and oxygen atoms in total. The van der Waals surface area contributed by atoms with Gasteiger partial charge in [0.1, 0.15) is 6.10 Å². The van der Waals surface area contributed by atoms with Crippen molar-refractivity contribution >= 4 is 12.0 Å². The van der Waals surface area contributed by atoms with Crippen LogP contribution in [-0.2, 0) is 4.79 Å². The van der Waals surface area contributed by atoms with E-state index in [0.29, 0.717) is 11.1 Å². The number of benzene rings is 1. The van der Waals surface area contributed by atoms with E-state index in [1.165, 1.54) is 6.08 Å². The number of aliphatic carboxylic acids is 1. The van der Waals surface area contributed by atoms with Gasteiger partial charge in [-0.2, -0.15) is 0 Å². The number of carbonyl (C=O) groups is 1. The average molecular weight is 263 g/mol. The van der Waals surface area contributed by atoms with Gasteiger partial charge in [0.05, 0.1) is 12.6 Å². The van der Waals surface area contributed by atoms with Crippen LogP contribution in [0.15, 0.2) is 35.5 Å². The van der Waals surface area contributed by atoms with Gasteiger partial charge in [0.15, 0.2) is 0 Å². The van der Waals surface area contributed by atoms with E-state index >= 15 is 0 Å². The summed E-state index contributed by atoms with van der Waals surface area (Å²) in [5.74, 6) is -1.11. The average Bonchev–Trinajstić information content (AvgIpc) is 2.42. The van der Waals surface area contributed by atoms with Crippen molar-refractivity contribution in [2.24, 2.45) is 5.11 Å². The minimum absolute atomic E-state index is 0.269. The normalized spacial score (nSPS) is 13.8. The van der Waals surface area contributed by atoms with Crippen molar-refractivity contribution in [1.29, 1.82) is 0 Å². The van der Waals surface area contributed by atoms with Crippen molar-refractivity contribution < 1.29 is 20.1 Å². The van der Waals surface area contributed by atoms with Gasteiger partial charge in [-0.15, -0.1) is 0 Å². The molecule has 19 heavy (non-hydrogen) atoms. The van der Waals surface area contributed by atoms with E-state index in [4.69, 9.17) is 10.6 Å². The Morgan fingerprint density at radius 2 is 2.11 bits per heavy atom. The molecule has 0 heterocycles. The maximum Gasteiger partial charge on any atom is 0.328 e. The topological polar surface area (TPSA) is 127 Å². The number of azide groups is 1. The molecule has 0 amide bonds. The van der Waals surface area contributed by atoms with Crippen LogP contribution in [0.25, 0.3) is 16.5 Å². The lowest BCUT2D eigenvalue weighted by Gasteiger charge is -2.18. The standard InChI is InChI=1S/C12H13N3O4/c13-15-14-7-10(16)12(19)9-4-2-1-3-8(9)5-6-11(17)18/h1-6,10,12,16,19H,7H2,(H,17,18)/b6-5+. The van der Waals surface area contributed by atoms with Gasteiger partial charge in [0.25, 0.3) is 0 Å². The summed E-state index contributed by atoms with van der Waals surface area (Å²) in [6.07, 6.45) is -0.262. The van der Waals surface area contributed by atoms with E-state index in [2.05, 4.69) is 10.0 Å². The summed E-state index contributed by atoms with van der Waals surface area (Å²) in [5.41, 5.74) is 8.99. The van der Waals surface area contributed by atoms with E-state index in [0.717, 1.165) is 6.08 Å². The highest BCUT2D eigenvalue weighted by Crippen LogP contribution is 2.22. The Labute approximate surface area is 109 Å². The number of hydrogen-bond acceptors (Lipinski definition) is 4. The number of rotatable bonds is 6. The molecule has 1 rings (SSSR count). The predicted octanol–water partition coefficient (Wildman–Crippen LogP) is 1.49. The quantitative estimate of drug-likeness (QED) is 0.311. The SMILES string of the molecule is [N-]=[N+]=NCC(O)C(O)c1ccccc1/C=C/C(=O)O. The van der Waals surface area contributed by atoms with Crippen molar-refractivity contribution in [1.82, 2.24) is 0 Å². The smallest absolute Gasteiger partial charge is 0.328 e. The summed E-state index contributed by atoms with van der Waals surface area (Å²) in [6, 6.07) is 6.50. The highest BCUT2D eigenvalue weighted by Gasteiger charge is 2.19. The van der Waals surface area contributed by atoms with Crippen molar-refractivity contribution in [3.8, 4) is 0 Å². The summed E-state index contributed by atoms with van der Waals surface area (Å²) >= 11 is 0. The maximum atomic E-state index is 10.5. The number of hydrogen-bond donors (Lipinski definition) is 3. The Balaban J connectivity index is 2.98. The largest absolute Gasteiger partial charge is 0.478 e. The van der Waals surface area contributed by atoms with Gasteiger partial charge in [0.2, 0.25) is 0 Å². The van der Waals surface area contributed by atoms with Gasteiger partial charge in [-0.3, -0.25) is 0 Å². The molecule has 7 heteroatoms. The van der Waals surface area contributed by atoms with Crippen LogP contribution in [0, 0.1) is 0 Å². The van der Waals surface area contributed by atoms with Crippen LogP contribution >= 0.6 is 0 Å². The number of nitrogens with zero attached hydrogens (tertiary/aromatic N) is 3. The van der Waals surface area contributed by atoms with Crippen LogP contribution in [0.3, 0.4) is 0 Å². The lowest BCUT2D eigenvalue weighted by molar-refractivity contribution is -0.131. The summed E-state index contributed by atoms with van der Waals surface area (Å²) < 4.78 is 0. The van der Waals surface area contributed by atoms with E-state index in [1.54, 1.807) is 24.3 Å². The molecule has 0 aliphatic heterocycles. The van der Waals surface area contributed by atoms with Gasteiger partial charge in [-0.05, 0) is 22.7 Å². The number of aliphatic hydroxyl groups is 2. The van der Waals surface area contributed by atoms with Gasteiger partial charge < -0.3 is 15.3 Å². The molecule has 0 spiro atoms. The van der Waals surface area contributed by atoms with Crippen LogP contribution < -0.4 is 0 Å². The third-order valence-corrected chi connectivity index (χ3v) is 2.42. The number of carboxylic acid groups (broad SMARTS) is 1. The van der Waals surface area contributed by atoms with E-state index in [1.807, 2.05) is 0 Å². The summed E-state index contributed by atoms with van der Waals surface area (Å²) in [5, 5.41) is 31.4. The zero-order chi connectivity index (χ0) is 14.3. The maximum absolute atomic E-state index is 10.5. The van der Waals surface area contributed by atoms with Crippen molar-refractivity contribution in [3.63, 3.8) is 0 Å². The first-order chi connectivity index (χ1) is 9.06. The summed E-state index contributed by atoms with van der Waals surface area (Å²) in [6.45, 7) is -0.269. The molecule has 2 unspecified atom stereocenters. The summed E-state index contributed by atoms with van der Waals surface area (Å²) in [7, 11) is 0. The Kier molecular flexibility index (Phi) is 5.56. The Bertz CT molecular complexity index is 523. The Morgan fingerprint density at radius 3 is 2.74 bits per heavy atom. The zero-order valence-corrected chi connectivity index (χ0v) is 9.92. The molecule has 0 radical (unpaired) electrons. The Morgan fingerprint density at radius 1 is 1.42 bits per heavy atom. The second-order valence-electron chi connectivity index (χ2n) is 3.73. The monoisotopic (exact) mass is 263 g/mol. The van der Waals surface area contributed by atoms with Crippen molar-refractivity contribution in [2.45, 2.75) is 12.2 Å². The van der Waals surface area contributed by atoms with Crippen LogP contribution in [-0.4, -0.2) is 33.9 Å². The molecule has 0 aromatic heterocycles. The van der Waals surface area contributed by atoms with E-state index in [-0.39, 0.29) is 6.54 Å². The first kappa shape index (κ1) is 14.7. The third-order valence-electron chi connectivity index (χ3n) is 2.42. The number of aliphatic hydroxyl groups excluding tert-OH is 2. The van der Waals surface area contributed by atoms with Crippen LogP contribution in [0.4, 0.5) is 0 Å². The van der Waals surface area contributed by atoms with Crippen LogP contribution in [0.5, 0.6) is 0 Å². The summed E-state index contributed by atoms with van der Waals surface area (Å²) in [4.78, 5) is 13.0. The third kappa shape index (κ3) is 4.44. The second-order valence-corrected chi connectivity index (χ2v) is 3.73. The molecule has 1 aromatic carbocycles. The molecule has 1 aromatic rings. The molecular weight excluding hydrogens is 250 g/mol. The fourth-order valence-electron chi connectivity index (χ4n) is 1.52. The second kappa shape index (κ2) is 7.17. The lowest BCUT2D eigenvalue weighted by atomic mass is 9.98.